The molecule has 0 unspecified atom stereocenters. The Bertz CT molecular complexity index is 285. The van der Waals surface area contributed by atoms with Crippen LogP contribution in [-0.4, -0.2) is 11.7 Å². The maximum absolute atomic E-state index is 8.97. The second-order valence-corrected chi connectivity index (χ2v) is 3.78. The van der Waals surface area contributed by atoms with E-state index in [-0.39, 0.29) is 6.61 Å². The first kappa shape index (κ1) is 11.0. The minimum absolute atomic E-state index is 0.216. The van der Waals surface area contributed by atoms with Crippen LogP contribution < -0.4 is 0 Å². The van der Waals surface area contributed by atoms with Gasteiger partial charge in [-0.3, -0.25) is 0 Å². The molecule has 1 nitrogen and oxygen atoms in total. The minimum Gasteiger partial charge on any atom is -0.396 e. The van der Waals surface area contributed by atoms with Gasteiger partial charge < -0.3 is 5.11 Å². The summed E-state index contributed by atoms with van der Waals surface area (Å²) >= 11 is 0. The predicted molar refractivity (Wildman–Crippen MR) is 61.0 cm³/mol. The lowest BCUT2D eigenvalue weighted by atomic mass is 9.99. The molecule has 1 N–H and O–H groups in total. The molecule has 0 aliphatic rings. The zero-order valence-corrected chi connectivity index (χ0v) is 8.90. The van der Waals surface area contributed by atoms with Crippen molar-refractivity contribution in [3.05, 3.63) is 42.0 Å². The Hall–Kier alpha value is -1.08. The van der Waals surface area contributed by atoms with Gasteiger partial charge in [-0.25, -0.2) is 0 Å². The molecule has 0 bridgehead atoms. The summed E-state index contributed by atoms with van der Waals surface area (Å²) in [6, 6.07) is 10.2. The lowest BCUT2D eigenvalue weighted by Gasteiger charge is -2.07. The molecular formula is C13H18O. The van der Waals surface area contributed by atoms with E-state index in [0.29, 0.717) is 5.92 Å². The van der Waals surface area contributed by atoms with Crippen LogP contribution in [0.15, 0.2) is 36.4 Å². The largest absolute Gasteiger partial charge is 0.396 e. The van der Waals surface area contributed by atoms with Crippen LogP contribution >= 0.6 is 0 Å². The maximum Gasteiger partial charge on any atom is 0.0471 e. The average Bonchev–Trinajstić information content (AvgIpc) is 2.18. The Labute approximate surface area is 86.1 Å². The summed E-state index contributed by atoms with van der Waals surface area (Å²) in [6.45, 7) is 4.52. The summed E-state index contributed by atoms with van der Waals surface area (Å²) < 4.78 is 0. The van der Waals surface area contributed by atoms with Crippen molar-refractivity contribution in [1.29, 1.82) is 0 Å². The topological polar surface area (TPSA) is 20.2 Å². The van der Waals surface area contributed by atoms with E-state index in [1.165, 1.54) is 11.1 Å². The second kappa shape index (κ2) is 5.61. The van der Waals surface area contributed by atoms with Crippen molar-refractivity contribution in [3.63, 3.8) is 0 Å². The van der Waals surface area contributed by atoms with Crippen molar-refractivity contribution < 1.29 is 5.11 Å². The fourth-order valence-corrected chi connectivity index (χ4v) is 1.50. The molecule has 1 rings (SSSR count). The molecule has 0 saturated heterocycles. The number of benzene rings is 1. The lowest BCUT2D eigenvalue weighted by molar-refractivity contribution is 0.305. The number of aliphatic hydroxyl groups is 1. The quantitative estimate of drug-likeness (QED) is 0.773. The molecule has 0 amide bonds. The third-order valence-electron chi connectivity index (χ3n) is 2.06. The Kier molecular flexibility index (Phi) is 4.41. The fraction of sp³-hybridized carbons (Fsp3) is 0.385. The van der Waals surface area contributed by atoms with Crippen LogP contribution in [0, 0.1) is 5.92 Å². The monoisotopic (exact) mass is 190 g/mol. The highest BCUT2D eigenvalue weighted by Crippen LogP contribution is 2.19. The van der Waals surface area contributed by atoms with Crippen molar-refractivity contribution in [2.24, 2.45) is 5.92 Å². The predicted octanol–water partition coefficient (Wildman–Crippen LogP) is 3.11. The summed E-state index contributed by atoms with van der Waals surface area (Å²) in [4.78, 5) is 0. The minimum atomic E-state index is 0.216. The molecular weight excluding hydrogens is 172 g/mol. The SMILES string of the molecule is CC(C)/C=C(\CCO)c1ccccc1. The van der Waals surface area contributed by atoms with E-state index in [0.717, 1.165) is 6.42 Å². The highest BCUT2D eigenvalue weighted by atomic mass is 16.2. The summed E-state index contributed by atoms with van der Waals surface area (Å²) in [5.74, 6) is 0.525. The third kappa shape index (κ3) is 3.35. The van der Waals surface area contributed by atoms with Gasteiger partial charge >= 0.3 is 0 Å². The molecule has 0 aromatic heterocycles. The smallest absolute Gasteiger partial charge is 0.0471 e. The van der Waals surface area contributed by atoms with Gasteiger partial charge in [0.15, 0.2) is 0 Å². The van der Waals surface area contributed by atoms with Gasteiger partial charge in [-0.05, 0) is 23.5 Å². The van der Waals surface area contributed by atoms with Gasteiger partial charge in [-0.15, -0.1) is 0 Å². The van der Waals surface area contributed by atoms with Gasteiger partial charge in [-0.1, -0.05) is 50.3 Å². The molecule has 76 valence electrons. The van der Waals surface area contributed by atoms with Crippen LogP contribution in [0.25, 0.3) is 5.57 Å². The molecule has 0 fully saturated rings. The van der Waals surface area contributed by atoms with Crippen LogP contribution in [0.4, 0.5) is 0 Å². The zero-order valence-electron chi connectivity index (χ0n) is 8.90. The van der Waals surface area contributed by atoms with E-state index in [1.807, 2.05) is 18.2 Å². The molecule has 0 saturated carbocycles. The van der Waals surface area contributed by atoms with Crippen LogP contribution in [0.5, 0.6) is 0 Å². The maximum atomic E-state index is 8.97. The third-order valence-corrected chi connectivity index (χ3v) is 2.06. The number of hydrogen-bond donors (Lipinski definition) is 1. The normalized spacial score (nSPS) is 12.1. The van der Waals surface area contributed by atoms with Gasteiger partial charge in [0.25, 0.3) is 0 Å². The van der Waals surface area contributed by atoms with Crippen molar-refractivity contribution in [1.82, 2.24) is 0 Å². The average molecular weight is 190 g/mol. The molecule has 1 aromatic carbocycles. The van der Waals surface area contributed by atoms with Crippen molar-refractivity contribution in [2.45, 2.75) is 20.3 Å². The fourth-order valence-electron chi connectivity index (χ4n) is 1.50. The van der Waals surface area contributed by atoms with E-state index >= 15 is 0 Å². The second-order valence-electron chi connectivity index (χ2n) is 3.78. The first-order chi connectivity index (χ1) is 6.74. The lowest BCUT2D eigenvalue weighted by Crippen LogP contribution is -1.92. The highest BCUT2D eigenvalue weighted by molar-refractivity contribution is 5.65. The molecule has 0 spiro atoms. The molecule has 1 heteroatoms. The number of rotatable bonds is 4. The van der Waals surface area contributed by atoms with E-state index in [1.54, 1.807) is 0 Å². The van der Waals surface area contributed by atoms with E-state index < -0.39 is 0 Å². The Morgan fingerprint density at radius 3 is 2.43 bits per heavy atom. The van der Waals surface area contributed by atoms with E-state index in [2.05, 4.69) is 32.1 Å². The van der Waals surface area contributed by atoms with Gasteiger partial charge in [-0.2, -0.15) is 0 Å². The van der Waals surface area contributed by atoms with Crippen LogP contribution in [-0.2, 0) is 0 Å². The summed E-state index contributed by atoms with van der Waals surface area (Å²) in [7, 11) is 0. The Balaban J connectivity index is 2.89. The van der Waals surface area contributed by atoms with Gasteiger partial charge in [0, 0.05) is 6.61 Å². The van der Waals surface area contributed by atoms with Gasteiger partial charge in [0.2, 0.25) is 0 Å². The molecule has 0 aliphatic carbocycles. The highest BCUT2D eigenvalue weighted by Gasteiger charge is 2.00. The standard InChI is InChI=1S/C13H18O/c1-11(2)10-13(8-9-14)12-6-4-3-5-7-12/h3-7,10-11,14H,8-9H2,1-2H3/b13-10+. The zero-order chi connectivity index (χ0) is 10.4. The van der Waals surface area contributed by atoms with E-state index in [4.69, 9.17) is 5.11 Å². The summed E-state index contributed by atoms with van der Waals surface area (Å²) in [6.07, 6.45) is 2.95. The summed E-state index contributed by atoms with van der Waals surface area (Å²) in [5, 5.41) is 8.97. The van der Waals surface area contributed by atoms with Crippen LogP contribution in [0.2, 0.25) is 0 Å². The molecule has 0 heterocycles. The number of hydrogen-bond acceptors (Lipinski definition) is 1. The van der Waals surface area contributed by atoms with Gasteiger partial charge in [0.05, 0.1) is 0 Å². The van der Waals surface area contributed by atoms with Crippen LogP contribution in [0.3, 0.4) is 0 Å². The van der Waals surface area contributed by atoms with Crippen LogP contribution in [0.1, 0.15) is 25.8 Å². The number of allylic oxidation sites excluding steroid dienone is 1. The molecule has 14 heavy (non-hydrogen) atoms. The van der Waals surface area contributed by atoms with Crippen molar-refractivity contribution in [3.8, 4) is 0 Å². The number of aliphatic hydroxyl groups excluding tert-OH is 1. The van der Waals surface area contributed by atoms with Crippen molar-refractivity contribution >= 4 is 5.57 Å². The molecule has 0 aliphatic heterocycles. The van der Waals surface area contributed by atoms with E-state index in [9.17, 15) is 0 Å². The first-order valence-corrected chi connectivity index (χ1v) is 5.11. The Morgan fingerprint density at radius 1 is 1.29 bits per heavy atom. The van der Waals surface area contributed by atoms with Crippen molar-refractivity contribution in [2.75, 3.05) is 6.61 Å². The Morgan fingerprint density at radius 2 is 1.93 bits per heavy atom. The molecule has 1 aromatic rings. The first-order valence-electron chi connectivity index (χ1n) is 5.11. The molecule has 0 atom stereocenters. The molecule has 0 radical (unpaired) electrons. The summed E-state index contributed by atoms with van der Waals surface area (Å²) in [5.41, 5.74) is 2.46. The van der Waals surface area contributed by atoms with Gasteiger partial charge in [0.1, 0.15) is 0 Å².